The van der Waals surface area contributed by atoms with Crippen molar-refractivity contribution in [2.45, 2.75) is 57.8 Å². The lowest BCUT2D eigenvalue weighted by atomic mass is 9.87. The maximum atomic E-state index is 6.07. The van der Waals surface area contributed by atoms with Crippen LogP contribution in [0.25, 0.3) is 0 Å². The zero-order valence-corrected chi connectivity index (χ0v) is 10.4. The number of nitrogen functional groups attached to an aromatic ring is 1. The number of nitrogens with zero attached hydrogens (tertiary/aromatic N) is 1. The predicted molar refractivity (Wildman–Crippen MR) is 66.4 cm³/mol. The van der Waals surface area contributed by atoms with E-state index in [-0.39, 0.29) is 0 Å². The summed E-state index contributed by atoms with van der Waals surface area (Å²) < 4.78 is 0. The van der Waals surface area contributed by atoms with Gasteiger partial charge in [0.25, 0.3) is 0 Å². The normalized spacial score (nSPS) is 18.6. The molecular formula is C12H20N2S. The second kappa shape index (κ2) is 4.52. The van der Waals surface area contributed by atoms with Crippen LogP contribution in [0.5, 0.6) is 0 Å². The molecule has 1 aromatic rings. The van der Waals surface area contributed by atoms with Gasteiger partial charge in [-0.3, -0.25) is 0 Å². The third-order valence-electron chi connectivity index (χ3n) is 3.18. The van der Waals surface area contributed by atoms with E-state index in [2.05, 4.69) is 13.8 Å². The van der Waals surface area contributed by atoms with E-state index in [1.54, 1.807) is 11.3 Å². The average molecular weight is 224 g/mol. The maximum absolute atomic E-state index is 6.07. The molecule has 1 fully saturated rings. The van der Waals surface area contributed by atoms with Gasteiger partial charge in [0, 0.05) is 11.8 Å². The van der Waals surface area contributed by atoms with Crippen molar-refractivity contribution in [2.24, 2.45) is 0 Å². The Hall–Kier alpha value is -0.570. The Morgan fingerprint density at radius 2 is 1.93 bits per heavy atom. The van der Waals surface area contributed by atoms with E-state index < -0.39 is 0 Å². The van der Waals surface area contributed by atoms with E-state index in [0.29, 0.717) is 11.8 Å². The number of aromatic nitrogens is 1. The van der Waals surface area contributed by atoms with Gasteiger partial charge < -0.3 is 5.73 Å². The molecule has 2 rings (SSSR count). The van der Waals surface area contributed by atoms with Gasteiger partial charge in [-0.1, -0.05) is 33.1 Å². The smallest absolute Gasteiger partial charge is 0.110 e. The zero-order chi connectivity index (χ0) is 10.8. The van der Waals surface area contributed by atoms with Crippen LogP contribution in [0.4, 0.5) is 5.00 Å². The summed E-state index contributed by atoms with van der Waals surface area (Å²) in [6.07, 6.45) is 6.64. The highest BCUT2D eigenvalue weighted by Crippen LogP contribution is 2.38. The summed E-state index contributed by atoms with van der Waals surface area (Å²) in [6.45, 7) is 4.37. The topological polar surface area (TPSA) is 38.9 Å². The fourth-order valence-corrected chi connectivity index (χ4v) is 3.20. The van der Waals surface area contributed by atoms with Gasteiger partial charge in [-0.2, -0.15) is 0 Å². The standard InChI is InChI=1S/C12H20N2S/c1-8(2)12-14-10(11(13)15-12)9-6-4-3-5-7-9/h8-9H,3-7,13H2,1-2H3. The summed E-state index contributed by atoms with van der Waals surface area (Å²) in [7, 11) is 0. The maximum Gasteiger partial charge on any atom is 0.110 e. The largest absolute Gasteiger partial charge is 0.389 e. The van der Waals surface area contributed by atoms with Gasteiger partial charge in [0.05, 0.1) is 10.7 Å². The summed E-state index contributed by atoms with van der Waals surface area (Å²) in [6, 6.07) is 0. The Balaban J connectivity index is 2.19. The van der Waals surface area contributed by atoms with Crippen LogP contribution in [0.15, 0.2) is 0 Å². The Morgan fingerprint density at radius 1 is 1.27 bits per heavy atom. The second-order valence-electron chi connectivity index (χ2n) is 4.79. The molecule has 0 aromatic carbocycles. The van der Waals surface area contributed by atoms with Crippen molar-refractivity contribution in [2.75, 3.05) is 5.73 Å². The van der Waals surface area contributed by atoms with Crippen LogP contribution in [0.3, 0.4) is 0 Å². The minimum Gasteiger partial charge on any atom is -0.389 e. The first-order valence-corrected chi connectivity index (χ1v) is 6.76. The van der Waals surface area contributed by atoms with Gasteiger partial charge in [-0.15, -0.1) is 11.3 Å². The van der Waals surface area contributed by atoms with Gasteiger partial charge >= 0.3 is 0 Å². The van der Waals surface area contributed by atoms with Crippen LogP contribution < -0.4 is 5.73 Å². The SMILES string of the molecule is CC(C)c1nc(C2CCCCC2)c(N)s1. The average Bonchev–Trinajstić information content (AvgIpc) is 2.62. The molecule has 0 bridgehead atoms. The van der Waals surface area contributed by atoms with Crippen molar-refractivity contribution in [1.29, 1.82) is 0 Å². The molecule has 0 spiro atoms. The molecule has 3 heteroatoms. The highest BCUT2D eigenvalue weighted by Gasteiger charge is 2.22. The predicted octanol–water partition coefficient (Wildman–Crippen LogP) is 3.90. The lowest BCUT2D eigenvalue weighted by Gasteiger charge is -2.20. The summed E-state index contributed by atoms with van der Waals surface area (Å²) in [4.78, 5) is 4.73. The molecule has 0 unspecified atom stereocenters. The van der Waals surface area contributed by atoms with Crippen LogP contribution >= 0.6 is 11.3 Å². The van der Waals surface area contributed by atoms with Crippen molar-refractivity contribution in [3.05, 3.63) is 10.7 Å². The van der Waals surface area contributed by atoms with Crippen molar-refractivity contribution in [3.63, 3.8) is 0 Å². The molecule has 2 nitrogen and oxygen atoms in total. The summed E-state index contributed by atoms with van der Waals surface area (Å²) in [5.74, 6) is 1.15. The van der Waals surface area contributed by atoms with Crippen LogP contribution in [0.2, 0.25) is 0 Å². The van der Waals surface area contributed by atoms with E-state index in [4.69, 9.17) is 10.7 Å². The van der Waals surface area contributed by atoms with Crippen LogP contribution in [0, 0.1) is 0 Å². The second-order valence-corrected chi connectivity index (χ2v) is 5.85. The third-order valence-corrected chi connectivity index (χ3v) is 4.38. The first-order chi connectivity index (χ1) is 7.18. The third kappa shape index (κ3) is 2.33. The lowest BCUT2D eigenvalue weighted by Crippen LogP contribution is -2.07. The summed E-state index contributed by atoms with van der Waals surface area (Å²) >= 11 is 1.68. The number of hydrogen-bond donors (Lipinski definition) is 1. The Bertz CT molecular complexity index is 324. The molecular weight excluding hydrogens is 204 g/mol. The van der Waals surface area contributed by atoms with Crippen LogP contribution in [-0.4, -0.2) is 4.98 Å². The molecule has 84 valence electrons. The molecule has 0 radical (unpaired) electrons. The summed E-state index contributed by atoms with van der Waals surface area (Å²) in [5.41, 5.74) is 7.26. The molecule has 0 atom stereocenters. The molecule has 15 heavy (non-hydrogen) atoms. The number of thiazole rings is 1. The molecule has 1 aromatic heterocycles. The van der Waals surface area contributed by atoms with Gasteiger partial charge in [-0.05, 0) is 12.8 Å². The van der Waals surface area contributed by atoms with Crippen molar-refractivity contribution < 1.29 is 0 Å². The van der Waals surface area contributed by atoms with Gasteiger partial charge in [-0.25, -0.2) is 4.98 Å². The van der Waals surface area contributed by atoms with Gasteiger partial charge in [0.2, 0.25) is 0 Å². The number of nitrogens with two attached hydrogens (primary N) is 1. The minimum atomic E-state index is 0.509. The Morgan fingerprint density at radius 3 is 2.47 bits per heavy atom. The number of rotatable bonds is 2. The molecule has 1 saturated carbocycles. The zero-order valence-electron chi connectivity index (χ0n) is 9.62. The minimum absolute atomic E-state index is 0.509. The fourth-order valence-electron chi connectivity index (χ4n) is 2.28. The Labute approximate surface area is 95.9 Å². The first kappa shape index (κ1) is 10.9. The molecule has 0 amide bonds. The fraction of sp³-hybridized carbons (Fsp3) is 0.750. The molecule has 1 heterocycles. The monoisotopic (exact) mass is 224 g/mol. The highest BCUT2D eigenvalue weighted by atomic mass is 32.1. The first-order valence-electron chi connectivity index (χ1n) is 5.94. The van der Waals surface area contributed by atoms with E-state index in [1.807, 2.05) is 0 Å². The van der Waals surface area contributed by atoms with E-state index >= 15 is 0 Å². The van der Waals surface area contributed by atoms with E-state index in [9.17, 15) is 0 Å². The van der Waals surface area contributed by atoms with Crippen molar-refractivity contribution in [3.8, 4) is 0 Å². The number of anilines is 1. The van der Waals surface area contributed by atoms with Gasteiger partial charge in [0.15, 0.2) is 0 Å². The molecule has 1 aliphatic carbocycles. The van der Waals surface area contributed by atoms with Crippen LogP contribution in [0.1, 0.15) is 68.5 Å². The van der Waals surface area contributed by atoms with E-state index in [0.717, 1.165) is 5.00 Å². The lowest BCUT2D eigenvalue weighted by molar-refractivity contribution is 0.438. The summed E-state index contributed by atoms with van der Waals surface area (Å²) in [5, 5.41) is 2.17. The highest BCUT2D eigenvalue weighted by molar-refractivity contribution is 7.15. The molecule has 0 aliphatic heterocycles. The van der Waals surface area contributed by atoms with Crippen molar-refractivity contribution >= 4 is 16.3 Å². The number of hydrogen-bond acceptors (Lipinski definition) is 3. The van der Waals surface area contributed by atoms with Gasteiger partial charge in [0.1, 0.15) is 5.00 Å². The van der Waals surface area contributed by atoms with Crippen LogP contribution in [-0.2, 0) is 0 Å². The molecule has 0 saturated heterocycles. The molecule has 2 N–H and O–H groups in total. The van der Waals surface area contributed by atoms with E-state index in [1.165, 1.54) is 42.8 Å². The molecule has 1 aliphatic rings. The Kier molecular flexibility index (Phi) is 3.29. The quantitative estimate of drug-likeness (QED) is 0.827. The van der Waals surface area contributed by atoms with Crippen molar-refractivity contribution in [1.82, 2.24) is 4.98 Å².